The van der Waals surface area contributed by atoms with E-state index in [4.69, 9.17) is 4.74 Å². The van der Waals surface area contributed by atoms with Crippen LogP contribution < -0.4 is 5.56 Å². The highest BCUT2D eigenvalue weighted by Crippen LogP contribution is 2.49. The molecule has 3 aromatic heterocycles. The highest BCUT2D eigenvalue weighted by atomic mass is 19.4. The van der Waals surface area contributed by atoms with Crippen molar-refractivity contribution < 1.29 is 17.9 Å². The first kappa shape index (κ1) is 28.1. The van der Waals surface area contributed by atoms with Crippen molar-refractivity contribution in [3.8, 4) is 5.69 Å². The van der Waals surface area contributed by atoms with E-state index in [9.17, 15) is 18.0 Å². The Hall–Kier alpha value is -3.44. The number of fused-ring (bicyclic) bond motifs is 1. The Morgan fingerprint density at radius 2 is 2.00 bits per heavy atom. The van der Waals surface area contributed by atoms with Gasteiger partial charge in [-0.05, 0) is 63.4 Å². The van der Waals surface area contributed by atoms with Gasteiger partial charge in [-0.15, -0.1) is 10.2 Å². The molecule has 0 saturated heterocycles. The Morgan fingerprint density at radius 3 is 2.60 bits per heavy atom. The number of aryl methyl sites for hydroxylation is 1. The first-order valence-corrected chi connectivity index (χ1v) is 13.5. The highest BCUT2D eigenvalue weighted by molar-refractivity contribution is 5.84. The molecular weight excluding hydrogens is 521 g/mol. The molecule has 8 nitrogen and oxygen atoms in total. The molecule has 40 heavy (non-hydrogen) atoms. The monoisotopic (exact) mass is 556 g/mol. The molecule has 1 fully saturated rings. The van der Waals surface area contributed by atoms with Gasteiger partial charge in [-0.2, -0.15) is 13.2 Å². The maximum absolute atomic E-state index is 14.3. The molecule has 4 aromatic rings. The van der Waals surface area contributed by atoms with Gasteiger partial charge in [0, 0.05) is 49.7 Å². The molecule has 0 spiro atoms. The fraction of sp³-hybridized carbons (Fsp3) is 0.483. The first-order chi connectivity index (χ1) is 19.0. The lowest BCUT2D eigenvalue weighted by Gasteiger charge is -2.46. The number of alkyl halides is 3. The van der Waals surface area contributed by atoms with Gasteiger partial charge in [0.1, 0.15) is 17.7 Å². The predicted octanol–water partition coefficient (Wildman–Crippen LogP) is 5.18. The number of H-pyrrole nitrogens is 1. The molecule has 5 rings (SSSR count). The fourth-order valence-corrected chi connectivity index (χ4v) is 5.90. The minimum Gasteiger partial charge on any atom is -0.381 e. The Kier molecular flexibility index (Phi) is 7.39. The minimum atomic E-state index is -4.65. The number of pyridine rings is 1. The second-order valence-electron chi connectivity index (χ2n) is 11.0. The van der Waals surface area contributed by atoms with Crippen molar-refractivity contribution in [3.05, 3.63) is 75.9 Å². The summed E-state index contributed by atoms with van der Waals surface area (Å²) in [6, 6.07) is 8.78. The fourth-order valence-electron chi connectivity index (χ4n) is 5.90. The summed E-state index contributed by atoms with van der Waals surface area (Å²) in [5.74, 6) is 0.743. The number of nitrogens with zero attached hydrogens (tertiary/aromatic N) is 5. The molecule has 11 heteroatoms. The Morgan fingerprint density at radius 1 is 1.25 bits per heavy atom. The summed E-state index contributed by atoms with van der Waals surface area (Å²) < 4.78 is 51.5. The van der Waals surface area contributed by atoms with E-state index in [1.54, 1.807) is 31.6 Å². The van der Waals surface area contributed by atoms with Crippen LogP contribution in [0, 0.1) is 0 Å². The maximum Gasteiger partial charge on any atom is 0.418 e. The van der Waals surface area contributed by atoms with Gasteiger partial charge < -0.3 is 14.3 Å². The molecule has 0 bridgehead atoms. The summed E-state index contributed by atoms with van der Waals surface area (Å²) in [5.41, 5.74) is -0.199. The summed E-state index contributed by atoms with van der Waals surface area (Å²) in [7, 11) is 3.52. The lowest BCUT2D eigenvalue weighted by atomic mass is 9.62. The molecule has 1 saturated carbocycles. The van der Waals surface area contributed by atoms with Crippen molar-refractivity contribution in [2.75, 3.05) is 13.7 Å². The van der Waals surface area contributed by atoms with Crippen molar-refractivity contribution >= 4 is 10.9 Å². The Bertz CT molecular complexity index is 1560. The van der Waals surface area contributed by atoms with Gasteiger partial charge in [-0.3, -0.25) is 14.3 Å². The van der Waals surface area contributed by atoms with Gasteiger partial charge in [0.05, 0.1) is 17.1 Å². The van der Waals surface area contributed by atoms with E-state index in [0.717, 1.165) is 35.1 Å². The van der Waals surface area contributed by atoms with Crippen LogP contribution in [-0.2, 0) is 29.9 Å². The molecule has 0 amide bonds. The second-order valence-corrected chi connectivity index (χ2v) is 11.0. The normalized spacial score (nSPS) is 19.6. The molecule has 1 aliphatic rings. The van der Waals surface area contributed by atoms with E-state index in [2.05, 4.69) is 27.0 Å². The average molecular weight is 557 g/mol. The topological polar surface area (TPSA) is 81.0 Å². The number of aromatic amines is 1. The number of halogens is 3. The van der Waals surface area contributed by atoms with Crippen LogP contribution in [-0.4, -0.2) is 55.0 Å². The lowest BCUT2D eigenvalue weighted by molar-refractivity contribution is -0.136. The quantitative estimate of drug-likeness (QED) is 0.307. The SMILES string of the molecule is CCCN(Cc1cc2c(C(F)(F)F)cn(-c3cccc(C4(c5nncn5C)CC(OC)C4)c3)c(=O)c2[nH]1)C(C)C. The largest absolute Gasteiger partial charge is 0.418 e. The van der Waals surface area contributed by atoms with Crippen LogP contribution in [0.3, 0.4) is 0 Å². The molecule has 1 aromatic carbocycles. The minimum absolute atomic E-state index is 0.0201. The van der Waals surface area contributed by atoms with Gasteiger partial charge in [0.2, 0.25) is 0 Å². The van der Waals surface area contributed by atoms with E-state index < -0.39 is 22.7 Å². The van der Waals surface area contributed by atoms with E-state index in [1.807, 2.05) is 31.5 Å². The van der Waals surface area contributed by atoms with Gasteiger partial charge >= 0.3 is 6.18 Å². The summed E-state index contributed by atoms with van der Waals surface area (Å²) in [6.45, 7) is 7.37. The Balaban J connectivity index is 1.63. The van der Waals surface area contributed by atoms with Gasteiger partial charge in [-0.25, -0.2) is 0 Å². The number of aromatic nitrogens is 5. The molecule has 0 aliphatic heterocycles. The zero-order chi connectivity index (χ0) is 28.8. The molecular formula is C29H35F3N6O2. The zero-order valence-corrected chi connectivity index (χ0v) is 23.4. The molecule has 0 radical (unpaired) electrons. The zero-order valence-electron chi connectivity index (χ0n) is 23.4. The van der Waals surface area contributed by atoms with Crippen LogP contribution in [0.1, 0.15) is 62.7 Å². The van der Waals surface area contributed by atoms with E-state index >= 15 is 0 Å². The number of hydrogen-bond donors (Lipinski definition) is 1. The molecule has 1 N–H and O–H groups in total. The summed E-state index contributed by atoms with van der Waals surface area (Å²) in [4.78, 5) is 18.9. The summed E-state index contributed by atoms with van der Waals surface area (Å²) in [6.07, 6.45) is 0.116. The number of methoxy groups -OCH3 is 1. The smallest absolute Gasteiger partial charge is 0.381 e. The lowest BCUT2D eigenvalue weighted by Crippen LogP contribution is -2.48. The summed E-state index contributed by atoms with van der Waals surface area (Å²) in [5, 5.41) is 8.27. The maximum atomic E-state index is 14.3. The van der Waals surface area contributed by atoms with Crippen molar-refractivity contribution in [2.24, 2.45) is 7.05 Å². The molecule has 214 valence electrons. The van der Waals surface area contributed by atoms with Crippen molar-refractivity contribution in [3.63, 3.8) is 0 Å². The average Bonchev–Trinajstić information content (AvgIpc) is 3.50. The van der Waals surface area contributed by atoms with E-state index in [1.165, 1.54) is 6.07 Å². The summed E-state index contributed by atoms with van der Waals surface area (Å²) >= 11 is 0. The van der Waals surface area contributed by atoms with Crippen LogP contribution in [0.15, 0.2) is 47.7 Å². The molecule has 0 unspecified atom stereocenters. The van der Waals surface area contributed by atoms with E-state index in [-0.39, 0.29) is 23.0 Å². The van der Waals surface area contributed by atoms with Crippen molar-refractivity contribution in [1.29, 1.82) is 0 Å². The molecule has 3 heterocycles. The third-order valence-corrected chi connectivity index (χ3v) is 8.08. The third kappa shape index (κ3) is 4.85. The van der Waals surface area contributed by atoms with Crippen molar-refractivity contribution in [2.45, 2.75) is 70.3 Å². The molecule has 1 aliphatic carbocycles. The second kappa shape index (κ2) is 10.5. The van der Waals surface area contributed by atoms with Crippen LogP contribution in [0.5, 0.6) is 0 Å². The first-order valence-electron chi connectivity index (χ1n) is 13.5. The van der Waals surface area contributed by atoms with Gasteiger partial charge in [0.15, 0.2) is 0 Å². The third-order valence-electron chi connectivity index (χ3n) is 8.08. The van der Waals surface area contributed by atoms with Gasteiger partial charge in [0.25, 0.3) is 5.56 Å². The number of nitrogens with one attached hydrogen (secondary N) is 1. The predicted molar refractivity (Wildman–Crippen MR) is 147 cm³/mol. The van der Waals surface area contributed by atoms with Gasteiger partial charge in [-0.1, -0.05) is 19.1 Å². The standard InChI is InChI=1S/C29H35F3N6O2/c1-6-10-37(18(2)3)15-20-12-23-24(29(30,31)32)16-38(26(39)25(23)34-20)21-9-7-8-19(11-21)28(13-22(14-28)40-5)27-35-33-17-36(27)4/h7-9,11-12,16-18,22,34H,6,10,13-15H2,1-5H3. The highest BCUT2D eigenvalue weighted by Gasteiger charge is 2.50. The number of hydrogen-bond acceptors (Lipinski definition) is 5. The number of ether oxygens (including phenoxy) is 1. The number of rotatable bonds is 9. The van der Waals surface area contributed by atoms with Crippen LogP contribution in [0.25, 0.3) is 16.6 Å². The van der Waals surface area contributed by atoms with Crippen LogP contribution in [0.4, 0.5) is 13.2 Å². The Labute approximate surface area is 230 Å². The number of benzene rings is 1. The van der Waals surface area contributed by atoms with E-state index in [0.29, 0.717) is 30.8 Å². The van der Waals surface area contributed by atoms with Crippen LogP contribution >= 0.6 is 0 Å². The van der Waals surface area contributed by atoms with Crippen molar-refractivity contribution in [1.82, 2.24) is 29.2 Å². The molecule has 0 atom stereocenters. The van der Waals surface area contributed by atoms with Crippen LogP contribution in [0.2, 0.25) is 0 Å².